The summed E-state index contributed by atoms with van der Waals surface area (Å²) >= 11 is 0. The topological polar surface area (TPSA) is 78.9 Å². The second-order valence-corrected chi connectivity index (χ2v) is 19.2. The van der Waals surface area contributed by atoms with Crippen molar-refractivity contribution in [3.63, 3.8) is 0 Å². The zero-order chi connectivity index (χ0) is 45.1. The van der Waals surface area contributed by atoms with Gasteiger partial charge in [0.25, 0.3) is 0 Å². The summed E-state index contributed by atoms with van der Waals surface area (Å²) in [6.45, 7) is 6.70. The van der Waals surface area contributed by atoms with E-state index in [1.165, 1.54) is 225 Å². The van der Waals surface area contributed by atoms with Gasteiger partial charge in [0.15, 0.2) is 6.10 Å². The van der Waals surface area contributed by atoms with Crippen molar-refractivity contribution in [2.75, 3.05) is 13.2 Å². The summed E-state index contributed by atoms with van der Waals surface area (Å²) in [5.74, 6) is -0.835. The third kappa shape index (κ3) is 49.4. The largest absolute Gasteiger partial charge is 0.462 e. The third-order valence-electron chi connectivity index (χ3n) is 12.9. The van der Waals surface area contributed by atoms with Crippen LogP contribution in [0, 0.1) is 0 Å². The van der Waals surface area contributed by atoms with E-state index in [0.717, 1.165) is 57.8 Å². The fourth-order valence-corrected chi connectivity index (χ4v) is 8.62. The molecule has 0 spiro atoms. The Bertz CT molecular complexity index is 920. The molecule has 0 radical (unpaired) electrons. The van der Waals surface area contributed by atoms with Crippen LogP contribution in [0.3, 0.4) is 0 Å². The molecule has 0 fully saturated rings. The van der Waals surface area contributed by atoms with Gasteiger partial charge in [0.05, 0.1) is 0 Å². The first-order valence-electron chi connectivity index (χ1n) is 28.0. The molecule has 0 aliphatic carbocycles. The molecule has 0 aliphatic rings. The molecule has 0 aromatic rings. The van der Waals surface area contributed by atoms with E-state index in [-0.39, 0.29) is 31.1 Å². The Labute approximate surface area is 387 Å². The number of carbonyl (C=O) groups is 3. The number of carbonyl (C=O) groups excluding carboxylic acids is 3. The molecule has 0 bridgehead atoms. The number of unbranched alkanes of at least 4 members (excludes halogenated alkanes) is 41. The first-order chi connectivity index (χ1) is 30.5. The maximum Gasteiger partial charge on any atom is 0.306 e. The van der Waals surface area contributed by atoms with Crippen LogP contribution in [0.15, 0.2) is 0 Å². The minimum absolute atomic E-state index is 0.0612. The van der Waals surface area contributed by atoms with Gasteiger partial charge in [-0.2, -0.15) is 0 Å². The van der Waals surface area contributed by atoms with E-state index in [2.05, 4.69) is 20.8 Å². The number of hydrogen-bond donors (Lipinski definition) is 0. The van der Waals surface area contributed by atoms with Crippen molar-refractivity contribution in [1.82, 2.24) is 0 Å². The number of rotatable bonds is 52. The molecule has 0 rings (SSSR count). The van der Waals surface area contributed by atoms with Gasteiger partial charge in [0.2, 0.25) is 0 Å². The van der Waals surface area contributed by atoms with Crippen molar-refractivity contribution in [1.29, 1.82) is 0 Å². The van der Waals surface area contributed by atoms with Crippen molar-refractivity contribution >= 4 is 17.9 Å². The maximum absolute atomic E-state index is 12.8. The highest BCUT2D eigenvalue weighted by molar-refractivity contribution is 5.71. The van der Waals surface area contributed by atoms with E-state index in [1.54, 1.807) is 0 Å². The van der Waals surface area contributed by atoms with Crippen LogP contribution in [0.25, 0.3) is 0 Å². The highest BCUT2D eigenvalue weighted by Gasteiger charge is 2.19. The Morgan fingerprint density at radius 1 is 0.258 bits per heavy atom. The van der Waals surface area contributed by atoms with Gasteiger partial charge in [0, 0.05) is 19.3 Å². The first kappa shape index (κ1) is 60.4. The second kappa shape index (κ2) is 52.0. The Balaban J connectivity index is 4.28. The van der Waals surface area contributed by atoms with Crippen molar-refractivity contribution in [2.24, 2.45) is 0 Å². The molecule has 6 nitrogen and oxygen atoms in total. The van der Waals surface area contributed by atoms with Gasteiger partial charge >= 0.3 is 17.9 Å². The lowest BCUT2D eigenvalue weighted by molar-refractivity contribution is -0.167. The predicted octanol–water partition coefficient (Wildman–Crippen LogP) is 18.4. The summed E-state index contributed by atoms with van der Waals surface area (Å²) in [4.78, 5) is 38.0. The van der Waals surface area contributed by atoms with E-state index in [9.17, 15) is 14.4 Å². The molecule has 0 aromatic carbocycles. The molecule has 0 N–H and O–H groups in total. The fraction of sp³-hybridized carbons (Fsp3) is 0.946. The molecule has 0 aliphatic heterocycles. The Kier molecular flexibility index (Phi) is 50.7. The predicted molar refractivity (Wildman–Crippen MR) is 266 cm³/mol. The minimum atomic E-state index is -0.760. The van der Waals surface area contributed by atoms with Crippen LogP contribution in [-0.2, 0) is 28.6 Å². The lowest BCUT2D eigenvalue weighted by Gasteiger charge is -2.18. The average Bonchev–Trinajstić information content (AvgIpc) is 3.27. The Morgan fingerprint density at radius 2 is 0.435 bits per heavy atom. The van der Waals surface area contributed by atoms with Gasteiger partial charge in [-0.15, -0.1) is 0 Å². The molecular formula is C56H108O6. The lowest BCUT2D eigenvalue weighted by Crippen LogP contribution is -2.30. The van der Waals surface area contributed by atoms with Crippen LogP contribution < -0.4 is 0 Å². The fourth-order valence-electron chi connectivity index (χ4n) is 8.62. The monoisotopic (exact) mass is 877 g/mol. The number of esters is 3. The van der Waals surface area contributed by atoms with Crippen LogP contribution >= 0.6 is 0 Å². The van der Waals surface area contributed by atoms with Gasteiger partial charge in [0.1, 0.15) is 13.2 Å². The van der Waals surface area contributed by atoms with Gasteiger partial charge in [-0.25, -0.2) is 0 Å². The summed E-state index contributed by atoms with van der Waals surface area (Å²) in [5.41, 5.74) is 0. The van der Waals surface area contributed by atoms with E-state index in [0.29, 0.717) is 19.3 Å². The molecular weight excluding hydrogens is 769 g/mol. The van der Waals surface area contributed by atoms with Crippen molar-refractivity contribution in [3.8, 4) is 0 Å². The number of hydrogen-bond acceptors (Lipinski definition) is 6. The van der Waals surface area contributed by atoms with E-state index < -0.39 is 6.10 Å². The molecule has 368 valence electrons. The van der Waals surface area contributed by atoms with Gasteiger partial charge in [-0.05, 0) is 19.3 Å². The van der Waals surface area contributed by atoms with Crippen molar-refractivity contribution in [2.45, 2.75) is 329 Å². The summed E-state index contributed by atoms with van der Waals surface area (Å²) in [6, 6.07) is 0. The van der Waals surface area contributed by atoms with E-state index >= 15 is 0 Å². The standard InChI is InChI=1S/C56H108O6/c1-4-7-10-13-16-19-22-25-27-29-31-34-37-40-43-46-49-55(58)61-52-53(51-60-54(57)48-45-42-39-36-33-24-21-18-15-12-9-6-3)62-56(59)50-47-44-41-38-35-32-30-28-26-23-20-17-14-11-8-5-2/h53H,4-52H2,1-3H3. The van der Waals surface area contributed by atoms with Crippen LogP contribution in [-0.4, -0.2) is 37.2 Å². The lowest BCUT2D eigenvalue weighted by atomic mass is 10.0. The summed E-state index contributed by atoms with van der Waals surface area (Å²) in [7, 11) is 0. The summed E-state index contributed by atoms with van der Waals surface area (Å²) < 4.78 is 16.9. The normalized spacial score (nSPS) is 11.9. The van der Waals surface area contributed by atoms with Crippen LogP contribution in [0.2, 0.25) is 0 Å². The third-order valence-corrected chi connectivity index (χ3v) is 12.9. The van der Waals surface area contributed by atoms with Crippen LogP contribution in [0.4, 0.5) is 0 Å². The molecule has 1 atom stereocenters. The van der Waals surface area contributed by atoms with Gasteiger partial charge < -0.3 is 14.2 Å². The van der Waals surface area contributed by atoms with Crippen LogP contribution in [0.1, 0.15) is 323 Å². The molecule has 0 saturated heterocycles. The second-order valence-electron chi connectivity index (χ2n) is 19.2. The highest BCUT2D eigenvalue weighted by Crippen LogP contribution is 2.17. The summed E-state index contributed by atoms with van der Waals surface area (Å²) in [6.07, 6.45) is 56.6. The molecule has 62 heavy (non-hydrogen) atoms. The Morgan fingerprint density at radius 3 is 0.645 bits per heavy atom. The minimum Gasteiger partial charge on any atom is -0.462 e. The number of ether oxygens (including phenoxy) is 3. The zero-order valence-electron chi connectivity index (χ0n) is 42.2. The molecule has 0 saturated carbocycles. The van der Waals surface area contributed by atoms with E-state index in [4.69, 9.17) is 14.2 Å². The first-order valence-corrected chi connectivity index (χ1v) is 28.0. The zero-order valence-corrected chi connectivity index (χ0v) is 42.2. The molecule has 0 heterocycles. The molecule has 0 aromatic heterocycles. The quantitative estimate of drug-likeness (QED) is 0.0344. The van der Waals surface area contributed by atoms with Gasteiger partial charge in [-0.3, -0.25) is 14.4 Å². The highest BCUT2D eigenvalue weighted by atomic mass is 16.6. The maximum atomic E-state index is 12.8. The van der Waals surface area contributed by atoms with Crippen molar-refractivity contribution in [3.05, 3.63) is 0 Å². The molecule has 0 amide bonds. The van der Waals surface area contributed by atoms with Gasteiger partial charge in [-0.1, -0.05) is 284 Å². The summed E-state index contributed by atoms with van der Waals surface area (Å²) in [5, 5.41) is 0. The van der Waals surface area contributed by atoms with E-state index in [1.807, 2.05) is 0 Å². The Hall–Kier alpha value is -1.59. The molecule has 1 unspecified atom stereocenters. The average molecular weight is 877 g/mol. The molecule has 6 heteroatoms. The SMILES string of the molecule is CCCCCCCCCCCCCCCCCCC(=O)OCC(COC(=O)CCCCCCCCCCCCCC)OC(=O)CCCCCCCCCCCCCCCCCC. The van der Waals surface area contributed by atoms with Crippen molar-refractivity contribution < 1.29 is 28.6 Å². The smallest absolute Gasteiger partial charge is 0.306 e. The van der Waals surface area contributed by atoms with Crippen LogP contribution in [0.5, 0.6) is 0 Å².